The van der Waals surface area contributed by atoms with Gasteiger partial charge in [0.1, 0.15) is 13.6 Å². The van der Waals surface area contributed by atoms with Crippen LogP contribution >= 0.6 is 0 Å². The average molecular weight is 141 g/mol. The van der Waals surface area contributed by atoms with Crippen molar-refractivity contribution in [3.63, 3.8) is 0 Å². The van der Waals surface area contributed by atoms with Gasteiger partial charge in [-0.05, 0) is 6.92 Å². The van der Waals surface area contributed by atoms with Crippen molar-refractivity contribution in [1.82, 2.24) is 5.32 Å². The molecular formula is C6H12BNO2. The third kappa shape index (κ3) is 3.27. The second-order valence-corrected chi connectivity index (χ2v) is 2.25. The van der Waals surface area contributed by atoms with Crippen molar-refractivity contribution in [2.45, 2.75) is 26.2 Å². The van der Waals surface area contributed by atoms with E-state index in [-0.39, 0.29) is 17.6 Å². The Hall–Kier alpha value is -0.795. The van der Waals surface area contributed by atoms with Gasteiger partial charge in [-0.3, -0.25) is 9.59 Å². The minimum Gasteiger partial charge on any atom is -0.354 e. The molecule has 0 unspecified atom stereocenters. The molecule has 0 aliphatic rings. The second-order valence-electron chi connectivity index (χ2n) is 2.25. The highest BCUT2D eigenvalue weighted by Crippen LogP contribution is 1.81. The van der Waals surface area contributed by atoms with Gasteiger partial charge in [-0.1, -0.05) is 6.92 Å². The van der Waals surface area contributed by atoms with Crippen molar-refractivity contribution in [3.8, 4) is 0 Å². The first-order valence-electron chi connectivity index (χ1n) is 3.37. The van der Waals surface area contributed by atoms with Crippen LogP contribution in [0.5, 0.6) is 0 Å². The number of amides is 1. The van der Waals surface area contributed by atoms with E-state index in [2.05, 4.69) is 5.32 Å². The molecule has 1 atom stereocenters. The highest BCUT2D eigenvalue weighted by atomic mass is 16.2. The Kier molecular flexibility index (Phi) is 3.76. The van der Waals surface area contributed by atoms with Crippen LogP contribution in [0.4, 0.5) is 0 Å². The topological polar surface area (TPSA) is 46.2 Å². The van der Waals surface area contributed by atoms with Gasteiger partial charge in [0.15, 0.2) is 0 Å². The standard InChI is InChI=1S/C6H12BNO2/c1-3-5(10)8-6(7)4(2)9/h6H,3,7H2,1-2H3,(H,8,10)/t6-/m1/s1. The van der Waals surface area contributed by atoms with E-state index in [1.165, 1.54) is 6.92 Å². The summed E-state index contributed by atoms with van der Waals surface area (Å²) in [6.07, 6.45) is 0.428. The monoisotopic (exact) mass is 141 g/mol. The van der Waals surface area contributed by atoms with Crippen LogP contribution < -0.4 is 5.32 Å². The van der Waals surface area contributed by atoms with Crippen molar-refractivity contribution in [3.05, 3.63) is 0 Å². The molecule has 10 heavy (non-hydrogen) atoms. The fourth-order valence-corrected chi connectivity index (χ4v) is 0.445. The van der Waals surface area contributed by atoms with Crippen LogP contribution in [-0.4, -0.2) is 25.5 Å². The summed E-state index contributed by atoms with van der Waals surface area (Å²) in [5.41, 5.74) is 0. The minimum atomic E-state index is -0.340. The quantitative estimate of drug-likeness (QED) is 0.515. The highest BCUT2D eigenvalue weighted by molar-refractivity contribution is 6.25. The lowest BCUT2D eigenvalue weighted by Crippen LogP contribution is -2.39. The van der Waals surface area contributed by atoms with Gasteiger partial charge in [-0.2, -0.15) is 0 Å². The Morgan fingerprint density at radius 2 is 2.10 bits per heavy atom. The lowest BCUT2D eigenvalue weighted by atomic mass is 9.93. The van der Waals surface area contributed by atoms with Crippen molar-refractivity contribution in [2.24, 2.45) is 0 Å². The van der Waals surface area contributed by atoms with Crippen molar-refractivity contribution >= 4 is 19.5 Å². The lowest BCUT2D eigenvalue weighted by molar-refractivity contribution is -0.125. The van der Waals surface area contributed by atoms with Crippen LogP contribution in [0, 0.1) is 0 Å². The zero-order chi connectivity index (χ0) is 8.15. The number of hydrogen-bond acceptors (Lipinski definition) is 2. The summed E-state index contributed by atoms with van der Waals surface area (Å²) in [4.78, 5) is 21.2. The van der Waals surface area contributed by atoms with E-state index in [1.54, 1.807) is 14.8 Å². The Bertz CT molecular complexity index is 147. The lowest BCUT2D eigenvalue weighted by Gasteiger charge is -2.08. The molecule has 0 aromatic heterocycles. The molecule has 0 bridgehead atoms. The van der Waals surface area contributed by atoms with Crippen molar-refractivity contribution in [2.75, 3.05) is 0 Å². The minimum absolute atomic E-state index is 0.0122. The van der Waals surface area contributed by atoms with E-state index in [1.807, 2.05) is 0 Å². The highest BCUT2D eigenvalue weighted by Gasteiger charge is 2.08. The maximum atomic E-state index is 10.7. The Morgan fingerprint density at radius 3 is 2.40 bits per heavy atom. The third-order valence-corrected chi connectivity index (χ3v) is 1.31. The molecule has 0 aromatic carbocycles. The van der Waals surface area contributed by atoms with Crippen LogP contribution in [-0.2, 0) is 9.59 Å². The van der Waals surface area contributed by atoms with E-state index in [0.717, 1.165) is 0 Å². The molecule has 0 aliphatic carbocycles. The fourth-order valence-electron chi connectivity index (χ4n) is 0.445. The molecule has 0 aliphatic heterocycles. The largest absolute Gasteiger partial charge is 0.354 e. The summed E-state index contributed by atoms with van der Waals surface area (Å²) >= 11 is 0. The maximum Gasteiger partial charge on any atom is 0.219 e. The van der Waals surface area contributed by atoms with Gasteiger partial charge in [-0.15, -0.1) is 0 Å². The number of ketones is 1. The molecule has 0 radical (unpaired) electrons. The summed E-state index contributed by atoms with van der Waals surface area (Å²) in [6, 6.07) is 0. The van der Waals surface area contributed by atoms with E-state index < -0.39 is 0 Å². The number of carbonyl (C=O) groups excluding carboxylic acids is 2. The van der Waals surface area contributed by atoms with E-state index in [9.17, 15) is 9.59 Å². The molecule has 3 nitrogen and oxygen atoms in total. The summed E-state index contributed by atoms with van der Waals surface area (Å²) < 4.78 is 0. The molecule has 56 valence electrons. The molecule has 1 amide bonds. The van der Waals surface area contributed by atoms with Gasteiger partial charge in [0.05, 0.1) is 5.94 Å². The van der Waals surface area contributed by atoms with E-state index in [4.69, 9.17) is 0 Å². The predicted octanol–water partition coefficient (Wildman–Crippen LogP) is -0.939. The van der Waals surface area contributed by atoms with E-state index in [0.29, 0.717) is 6.42 Å². The second kappa shape index (κ2) is 4.09. The van der Waals surface area contributed by atoms with Crippen LogP contribution in [0.2, 0.25) is 0 Å². The molecule has 0 saturated carbocycles. The molecule has 0 spiro atoms. The Balaban J connectivity index is 3.68. The first-order valence-corrected chi connectivity index (χ1v) is 3.37. The number of Topliss-reactive ketones (excluding diaryl/α,β-unsaturated/α-hetero) is 1. The third-order valence-electron chi connectivity index (χ3n) is 1.31. The Morgan fingerprint density at radius 1 is 1.60 bits per heavy atom. The normalized spacial score (nSPS) is 12.2. The smallest absolute Gasteiger partial charge is 0.219 e. The first-order chi connectivity index (χ1) is 4.57. The fraction of sp³-hybridized carbons (Fsp3) is 0.667. The van der Waals surface area contributed by atoms with Gasteiger partial charge < -0.3 is 5.32 Å². The van der Waals surface area contributed by atoms with Crippen molar-refractivity contribution < 1.29 is 9.59 Å². The summed E-state index contributed by atoms with van der Waals surface area (Å²) in [6.45, 7) is 3.21. The Labute approximate surface area is 61.6 Å². The molecule has 0 rings (SSSR count). The average Bonchev–Trinajstić information content (AvgIpc) is 1.87. The molecule has 4 heteroatoms. The molecule has 0 fully saturated rings. The molecule has 0 saturated heterocycles. The van der Waals surface area contributed by atoms with E-state index >= 15 is 0 Å². The molecule has 0 aromatic rings. The van der Waals surface area contributed by atoms with Gasteiger partial charge in [0.25, 0.3) is 0 Å². The van der Waals surface area contributed by atoms with Crippen molar-refractivity contribution in [1.29, 1.82) is 0 Å². The number of rotatable bonds is 3. The van der Waals surface area contributed by atoms with Gasteiger partial charge in [0, 0.05) is 6.42 Å². The van der Waals surface area contributed by atoms with Crippen LogP contribution in [0.25, 0.3) is 0 Å². The van der Waals surface area contributed by atoms with Gasteiger partial charge >= 0.3 is 0 Å². The van der Waals surface area contributed by atoms with Gasteiger partial charge in [-0.25, -0.2) is 0 Å². The zero-order valence-corrected chi connectivity index (χ0v) is 6.60. The molecule has 1 N–H and O–H groups in total. The number of hydrogen-bond donors (Lipinski definition) is 1. The predicted molar refractivity (Wildman–Crippen MR) is 41.4 cm³/mol. The van der Waals surface area contributed by atoms with Crippen LogP contribution in [0.15, 0.2) is 0 Å². The summed E-state index contributed by atoms with van der Waals surface area (Å²) in [7, 11) is 1.68. The first kappa shape index (κ1) is 9.20. The number of carbonyl (C=O) groups is 2. The SMILES string of the molecule is B[C@H](NC(=O)CC)C(C)=O. The van der Waals surface area contributed by atoms with Gasteiger partial charge in [0.2, 0.25) is 5.91 Å². The maximum absolute atomic E-state index is 10.7. The zero-order valence-electron chi connectivity index (χ0n) is 6.60. The summed E-state index contributed by atoms with van der Waals surface area (Å²) in [5.74, 6) is -0.433. The molecule has 0 heterocycles. The number of nitrogens with one attached hydrogen (secondary N) is 1. The van der Waals surface area contributed by atoms with Crippen LogP contribution in [0.3, 0.4) is 0 Å². The summed E-state index contributed by atoms with van der Waals surface area (Å²) in [5, 5.41) is 2.54. The van der Waals surface area contributed by atoms with Crippen LogP contribution in [0.1, 0.15) is 20.3 Å². The molecular weight excluding hydrogens is 129 g/mol.